The van der Waals surface area contributed by atoms with E-state index in [0.29, 0.717) is 23.2 Å². The molecule has 0 spiro atoms. The molecule has 0 aliphatic carbocycles. The predicted molar refractivity (Wildman–Crippen MR) is 115 cm³/mol. The highest BCUT2D eigenvalue weighted by Gasteiger charge is 2.13. The van der Waals surface area contributed by atoms with Crippen LogP contribution < -0.4 is 19.5 Å². The van der Waals surface area contributed by atoms with Gasteiger partial charge in [-0.25, -0.2) is 4.98 Å². The summed E-state index contributed by atoms with van der Waals surface area (Å²) in [5.74, 6) is 2.00. The molecule has 0 bridgehead atoms. The Bertz CT molecular complexity index is 980. The molecule has 7 heteroatoms. The Morgan fingerprint density at radius 1 is 1.03 bits per heavy atom. The van der Waals surface area contributed by atoms with Crippen molar-refractivity contribution in [2.45, 2.75) is 20.3 Å². The molecule has 2 aromatic carbocycles. The van der Waals surface area contributed by atoms with Crippen LogP contribution in [0, 0.1) is 13.8 Å². The van der Waals surface area contributed by atoms with E-state index in [1.54, 1.807) is 20.3 Å². The van der Waals surface area contributed by atoms with E-state index in [9.17, 15) is 4.79 Å². The number of aryl methyl sites for hydroxylation is 2. The second-order valence-corrected chi connectivity index (χ2v) is 7.43. The van der Waals surface area contributed by atoms with Gasteiger partial charge < -0.3 is 19.5 Å². The van der Waals surface area contributed by atoms with Crippen molar-refractivity contribution in [1.29, 1.82) is 0 Å². The smallest absolute Gasteiger partial charge is 0.229 e. The lowest BCUT2D eigenvalue weighted by molar-refractivity contribution is -0.116. The Balaban J connectivity index is 1.58. The highest BCUT2D eigenvalue weighted by Crippen LogP contribution is 2.34. The summed E-state index contributed by atoms with van der Waals surface area (Å²) in [6.45, 7) is 4.34. The van der Waals surface area contributed by atoms with Crippen molar-refractivity contribution in [3.8, 4) is 28.5 Å². The number of methoxy groups -OCH3 is 2. The number of thiazole rings is 1. The first kappa shape index (κ1) is 20.7. The normalized spacial score (nSPS) is 10.5. The highest BCUT2D eigenvalue weighted by molar-refractivity contribution is 7.14. The second kappa shape index (κ2) is 9.43. The summed E-state index contributed by atoms with van der Waals surface area (Å²) in [6.07, 6.45) is 0.244. The van der Waals surface area contributed by atoms with Gasteiger partial charge in [-0.15, -0.1) is 11.3 Å². The molecule has 0 saturated carbocycles. The van der Waals surface area contributed by atoms with E-state index in [1.807, 2.05) is 43.5 Å². The third kappa shape index (κ3) is 5.48. The molecule has 0 fully saturated rings. The number of nitrogens with one attached hydrogen (secondary N) is 1. The van der Waals surface area contributed by atoms with Crippen molar-refractivity contribution in [2.75, 3.05) is 26.1 Å². The molecule has 1 N–H and O–H groups in total. The van der Waals surface area contributed by atoms with E-state index in [0.717, 1.165) is 28.1 Å². The topological polar surface area (TPSA) is 69.7 Å². The van der Waals surface area contributed by atoms with Gasteiger partial charge in [0.15, 0.2) is 5.13 Å². The van der Waals surface area contributed by atoms with Gasteiger partial charge in [0.2, 0.25) is 5.91 Å². The molecule has 0 saturated heterocycles. The molecule has 152 valence electrons. The van der Waals surface area contributed by atoms with Crippen LogP contribution in [0.2, 0.25) is 0 Å². The number of nitrogens with zero attached hydrogens (tertiary/aromatic N) is 1. The third-order valence-electron chi connectivity index (χ3n) is 4.23. The van der Waals surface area contributed by atoms with E-state index in [4.69, 9.17) is 14.2 Å². The van der Waals surface area contributed by atoms with Gasteiger partial charge in [0.05, 0.1) is 32.9 Å². The van der Waals surface area contributed by atoms with Crippen LogP contribution in [0.25, 0.3) is 11.3 Å². The van der Waals surface area contributed by atoms with E-state index in [-0.39, 0.29) is 12.3 Å². The Labute approximate surface area is 174 Å². The van der Waals surface area contributed by atoms with Crippen LogP contribution >= 0.6 is 11.3 Å². The summed E-state index contributed by atoms with van der Waals surface area (Å²) in [7, 11) is 3.21. The lowest BCUT2D eigenvalue weighted by Crippen LogP contribution is -2.15. The number of ether oxygens (including phenoxy) is 3. The molecule has 0 atom stereocenters. The van der Waals surface area contributed by atoms with Crippen LogP contribution in [-0.4, -0.2) is 31.7 Å². The minimum absolute atomic E-state index is 0.142. The first-order valence-electron chi connectivity index (χ1n) is 9.17. The summed E-state index contributed by atoms with van der Waals surface area (Å²) < 4.78 is 16.3. The van der Waals surface area contributed by atoms with Gasteiger partial charge in [-0.2, -0.15) is 0 Å². The largest absolute Gasteiger partial charge is 0.497 e. The van der Waals surface area contributed by atoms with Gasteiger partial charge in [-0.05, 0) is 49.2 Å². The zero-order chi connectivity index (χ0) is 20.8. The molecule has 3 rings (SSSR count). The second-order valence-electron chi connectivity index (χ2n) is 6.57. The van der Waals surface area contributed by atoms with Gasteiger partial charge in [-0.3, -0.25) is 4.79 Å². The van der Waals surface area contributed by atoms with Crippen molar-refractivity contribution in [2.24, 2.45) is 0 Å². The monoisotopic (exact) mass is 412 g/mol. The Morgan fingerprint density at radius 3 is 2.48 bits per heavy atom. The number of hydrogen-bond acceptors (Lipinski definition) is 6. The molecule has 0 radical (unpaired) electrons. The molecule has 3 aromatic rings. The highest BCUT2D eigenvalue weighted by atomic mass is 32.1. The van der Waals surface area contributed by atoms with Crippen LogP contribution in [0.4, 0.5) is 5.13 Å². The molecule has 1 aromatic heterocycles. The van der Waals surface area contributed by atoms with Crippen molar-refractivity contribution in [3.63, 3.8) is 0 Å². The van der Waals surface area contributed by atoms with Crippen molar-refractivity contribution >= 4 is 22.4 Å². The molecule has 6 nitrogen and oxygen atoms in total. The van der Waals surface area contributed by atoms with E-state index < -0.39 is 0 Å². The van der Waals surface area contributed by atoms with Gasteiger partial charge in [0.1, 0.15) is 17.2 Å². The number of benzene rings is 2. The molecule has 0 unspecified atom stereocenters. The summed E-state index contributed by atoms with van der Waals surface area (Å²) in [5.41, 5.74) is 3.84. The van der Waals surface area contributed by atoms with Crippen LogP contribution in [0.5, 0.6) is 17.2 Å². The lowest BCUT2D eigenvalue weighted by Gasteiger charge is -2.08. The predicted octanol–water partition coefficient (Wildman–Crippen LogP) is 4.85. The number of carbonyl (C=O) groups is 1. The van der Waals surface area contributed by atoms with Crippen LogP contribution in [0.15, 0.2) is 41.8 Å². The maximum Gasteiger partial charge on any atom is 0.229 e. The van der Waals surface area contributed by atoms with Crippen LogP contribution in [-0.2, 0) is 4.79 Å². The molecule has 1 amide bonds. The summed E-state index contributed by atoms with van der Waals surface area (Å²) in [6, 6.07) is 11.5. The maximum absolute atomic E-state index is 12.2. The number of aromatic nitrogens is 1. The Kier molecular flexibility index (Phi) is 6.72. The van der Waals surface area contributed by atoms with Crippen LogP contribution in [0.3, 0.4) is 0 Å². The van der Waals surface area contributed by atoms with Gasteiger partial charge in [-0.1, -0.05) is 6.07 Å². The fraction of sp³-hybridized carbons (Fsp3) is 0.273. The van der Waals surface area contributed by atoms with Crippen molar-refractivity contribution in [1.82, 2.24) is 4.98 Å². The van der Waals surface area contributed by atoms with Gasteiger partial charge >= 0.3 is 0 Å². The van der Waals surface area contributed by atoms with E-state index in [2.05, 4.69) is 16.4 Å². The zero-order valence-corrected chi connectivity index (χ0v) is 17.8. The fourth-order valence-electron chi connectivity index (χ4n) is 2.92. The number of rotatable bonds is 8. The first-order valence-corrected chi connectivity index (χ1v) is 10.1. The maximum atomic E-state index is 12.2. The minimum atomic E-state index is -0.142. The average Bonchev–Trinajstić information content (AvgIpc) is 3.14. The molecular formula is C22H24N2O4S. The third-order valence-corrected chi connectivity index (χ3v) is 4.99. The summed E-state index contributed by atoms with van der Waals surface area (Å²) >= 11 is 1.36. The number of hydrogen-bond donors (Lipinski definition) is 1. The number of carbonyl (C=O) groups excluding carboxylic acids is 1. The number of amides is 1. The molecule has 0 aliphatic heterocycles. The SMILES string of the molecule is COc1ccc(-c2csc(NC(=O)CCOc3cc(C)cc(C)c3)n2)c(OC)c1. The van der Waals surface area contributed by atoms with Crippen molar-refractivity contribution < 1.29 is 19.0 Å². The van der Waals surface area contributed by atoms with Gasteiger partial charge in [0.25, 0.3) is 0 Å². The Morgan fingerprint density at radius 2 is 1.79 bits per heavy atom. The fourth-order valence-corrected chi connectivity index (χ4v) is 3.65. The van der Waals surface area contributed by atoms with E-state index >= 15 is 0 Å². The zero-order valence-electron chi connectivity index (χ0n) is 16.9. The summed E-state index contributed by atoms with van der Waals surface area (Å²) in [5, 5.41) is 5.24. The molecule has 0 aliphatic rings. The average molecular weight is 413 g/mol. The lowest BCUT2D eigenvalue weighted by atomic mass is 10.1. The Hall–Kier alpha value is -3.06. The van der Waals surface area contributed by atoms with Gasteiger partial charge in [0, 0.05) is 17.0 Å². The summed E-state index contributed by atoms with van der Waals surface area (Å²) in [4.78, 5) is 16.7. The molecular weight excluding hydrogens is 388 g/mol. The molecule has 1 heterocycles. The standard InChI is InChI=1S/C22H24N2O4S/c1-14-9-15(2)11-17(10-14)28-8-7-21(25)24-22-23-19(13-29-22)18-6-5-16(26-3)12-20(18)27-4/h5-6,9-13H,7-8H2,1-4H3,(H,23,24,25). The van der Waals surface area contributed by atoms with Crippen molar-refractivity contribution in [3.05, 3.63) is 52.9 Å². The van der Waals surface area contributed by atoms with Crippen LogP contribution in [0.1, 0.15) is 17.5 Å². The first-order chi connectivity index (χ1) is 14.0. The molecule has 29 heavy (non-hydrogen) atoms. The minimum Gasteiger partial charge on any atom is -0.497 e. The van der Waals surface area contributed by atoms with E-state index in [1.165, 1.54) is 11.3 Å². The quantitative estimate of drug-likeness (QED) is 0.573. The number of anilines is 1.